The fourth-order valence-corrected chi connectivity index (χ4v) is 4.45. The van der Waals surface area contributed by atoms with E-state index < -0.39 is 0 Å². The van der Waals surface area contributed by atoms with Crippen molar-refractivity contribution in [3.63, 3.8) is 0 Å². The van der Waals surface area contributed by atoms with E-state index in [9.17, 15) is 0 Å². The Kier molecular flexibility index (Phi) is 7.08. The first-order valence-electron chi connectivity index (χ1n) is 10.5. The van der Waals surface area contributed by atoms with Crippen LogP contribution in [-0.4, -0.2) is 52.8 Å². The van der Waals surface area contributed by atoms with Crippen LogP contribution in [0.2, 0.25) is 0 Å². The number of hydrogen-bond acceptors (Lipinski definition) is 3. The van der Waals surface area contributed by atoms with Gasteiger partial charge in [-0.25, -0.2) is 0 Å². The monoisotopic (exact) mass is 368 g/mol. The van der Waals surface area contributed by atoms with Gasteiger partial charge in [-0.3, -0.25) is 9.58 Å². The van der Waals surface area contributed by atoms with Gasteiger partial charge in [0.2, 0.25) is 0 Å². The minimum absolute atomic E-state index is 0.779. The van der Waals surface area contributed by atoms with Crippen LogP contribution < -0.4 is 0 Å². The molecule has 27 heavy (non-hydrogen) atoms. The standard InChI is InChI=1S/C23H36N4/c1-5-27-20(3)23(19(2)24-27)18-26(15-13-21-10-7-6-8-11-21)17-22-12-9-14-25(4)16-22/h6-8,10-11,22H,5,9,12-18H2,1-4H3/t22-/m1/s1. The molecule has 0 spiro atoms. The van der Waals surface area contributed by atoms with Crippen molar-refractivity contribution in [2.75, 3.05) is 33.2 Å². The predicted octanol–water partition coefficient (Wildman–Crippen LogP) is 3.91. The molecule has 4 heteroatoms. The Labute approximate surface area is 165 Å². The summed E-state index contributed by atoms with van der Waals surface area (Å²) < 4.78 is 2.15. The van der Waals surface area contributed by atoms with E-state index in [-0.39, 0.29) is 0 Å². The Hall–Kier alpha value is -1.65. The van der Waals surface area contributed by atoms with Gasteiger partial charge >= 0.3 is 0 Å². The van der Waals surface area contributed by atoms with Crippen LogP contribution in [0.15, 0.2) is 30.3 Å². The zero-order chi connectivity index (χ0) is 19.2. The van der Waals surface area contributed by atoms with Crippen LogP contribution in [0.1, 0.15) is 42.3 Å². The lowest BCUT2D eigenvalue weighted by atomic mass is 9.97. The van der Waals surface area contributed by atoms with E-state index in [0.29, 0.717) is 0 Å². The topological polar surface area (TPSA) is 24.3 Å². The molecule has 1 atom stereocenters. The molecule has 0 bridgehead atoms. The van der Waals surface area contributed by atoms with Crippen LogP contribution in [0.5, 0.6) is 0 Å². The minimum Gasteiger partial charge on any atom is -0.306 e. The summed E-state index contributed by atoms with van der Waals surface area (Å²) in [4.78, 5) is 5.17. The Morgan fingerprint density at radius 1 is 1.19 bits per heavy atom. The predicted molar refractivity (Wildman–Crippen MR) is 113 cm³/mol. The number of aryl methyl sites for hydroxylation is 2. The maximum Gasteiger partial charge on any atom is 0.0641 e. The van der Waals surface area contributed by atoms with Gasteiger partial charge < -0.3 is 4.90 Å². The van der Waals surface area contributed by atoms with E-state index in [4.69, 9.17) is 5.10 Å². The van der Waals surface area contributed by atoms with Gasteiger partial charge in [-0.2, -0.15) is 5.10 Å². The zero-order valence-electron chi connectivity index (χ0n) is 17.6. The maximum absolute atomic E-state index is 4.74. The fourth-order valence-electron chi connectivity index (χ4n) is 4.45. The van der Waals surface area contributed by atoms with Crippen LogP contribution in [0.4, 0.5) is 0 Å². The van der Waals surface area contributed by atoms with Crippen molar-refractivity contribution < 1.29 is 0 Å². The van der Waals surface area contributed by atoms with Gasteiger partial charge in [-0.1, -0.05) is 30.3 Å². The van der Waals surface area contributed by atoms with E-state index in [1.54, 1.807) is 0 Å². The maximum atomic E-state index is 4.74. The average molecular weight is 369 g/mol. The number of piperidine rings is 1. The smallest absolute Gasteiger partial charge is 0.0641 e. The summed E-state index contributed by atoms with van der Waals surface area (Å²) in [6.07, 6.45) is 3.81. The van der Waals surface area contributed by atoms with E-state index in [1.807, 2.05) is 0 Å². The quantitative estimate of drug-likeness (QED) is 0.706. The second-order valence-corrected chi connectivity index (χ2v) is 8.21. The first-order chi connectivity index (χ1) is 13.1. The first-order valence-corrected chi connectivity index (χ1v) is 10.5. The number of hydrogen-bond donors (Lipinski definition) is 0. The third-order valence-corrected chi connectivity index (χ3v) is 6.01. The van der Waals surface area contributed by atoms with Gasteiger partial charge in [-0.15, -0.1) is 0 Å². The molecule has 1 aliphatic heterocycles. The van der Waals surface area contributed by atoms with Crippen LogP contribution in [0, 0.1) is 19.8 Å². The number of aromatic nitrogens is 2. The molecule has 1 aromatic heterocycles. The van der Waals surface area contributed by atoms with E-state index in [0.717, 1.165) is 32.0 Å². The summed E-state index contributed by atoms with van der Waals surface area (Å²) in [6.45, 7) is 13.3. The molecule has 1 aliphatic rings. The van der Waals surface area contributed by atoms with Crippen molar-refractivity contribution in [1.82, 2.24) is 19.6 Å². The molecule has 2 heterocycles. The molecule has 0 aliphatic carbocycles. The summed E-state index contributed by atoms with van der Waals surface area (Å²) in [5.74, 6) is 0.779. The van der Waals surface area contributed by atoms with Gasteiger partial charge in [0, 0.05) is 44.0 Å². The highest BCUT2D eigenvalue weighted by atomic mass is 15.3. The van der Waals surface area contributed by atoms with Gasteiger partial charge in [0.15, 0.2) is 0 Å². The number of benzene rings is 1. The normalized spacial score (nSPS) is 18.3. The molecular formula is C23H36N4. The summed E-state index contributed by atoms with van der Waals surface area (Å²) in [5, 5.41) is 4.74. The third kappa shape index (κ3) is 5.43. The molecule has 4 nitrogen and oxygen atoms in total. The van der Waals surface area contributed by atoms with Gasteiger partial charge in [-0.05, 0) is 65.1 Å². The Balaban J connectivity index is 1.71. The third-order valence-electron chi connectivity index (χ3n) is 6.01. The van der Waals surface area contributed by atoms with Gasteiger partial charge in [0.05, 0.1) is 5.69 Å². The van der Waals surface area contributed by atoms with Crippen molar-refractivity contribution in [2.45, 2.75) is 53.1 Å². The molecule has 1 fully saturated rings. The van der Waals surface area contributed by atoms with Crippen molar-refractivity contribution in [1.29, 1.82) is 0 Å². The lowest BCUT2D eigenvalue weighted by molar-refractivity contribution is 0.148. The molecule has 2 aromatic rings. The average Bonchev–Trinajstić information content (AvgIpc) is 2.94. The number of rotatable bonds is 8. The summed E-state index contributed by atoms with van der Waals surface area (Å²) >= 11 is 0. The largest absolute Gasteiger partial charge is 0.306 e. The number of nitrogens with zero attached hydrogens (tertiary/aromatic N) is 4. The van der Waals surface area contributed by atoms with Crippen molar-refractivity contribution in [2.24, 2.45) is 5.92 Å². The molecule has 0 unspecified atom stereocenters. The molecule has 148 valence electrons. The summed E-state index contributed by atoms with van der Waals surface area (Å²) in [5.41, 5.74) is 5.38. The van der Waals surface area contributed by atoms with Crippen LogP contribution in [0.3, 0.4) is 0 Å². The SMILES string of the molecule is CCn1nc(C)c(CN(CCc2ccccc2)C[C@@H]2CCCN(C)C2)c1C. The Bertz CT molecular complexity index is 707. The molecule has 0 amide bonds. The highest BCUT2D eigenvalue weighted by molar-refractivity contribution is 5.24. The van der Waals surface area contributed by atoms with Crippen LogP contribution in [0.25, 0.3) is 0 Å². The second kappa shape index (κ2) is 9.52. The Morgan fingerprint density at radius 3 is 2.63 bits per heavy atom. The second-order valence-electron chi connectivity index (χ2n) is 8.21. The lowest BCUT2D eigenvalue weighted by Crippen LogP contribution is -2.39. The molecule has 3 rings (SSSR count). The highest BCUT2D eigenvalue weighted by Crippen LogP contribution is 2.21. The van der Waals surface area contributed by atoms with Crippen molar-refractivity contribution in [3.05, 3.63) is 52.8 Å². The summed E-state index contributed by atoms with van der Waals surface area (Å²) in [7, 11) is 2.26. The van der Waals surface area contributed by atoms with Crippen LogP contribution >= 0.6 is 0 Å². The Morgan fingerprint density at radius 2 is 1.96 bits per heavy atom. The molecule has 0 saturated carbocycles. The van der Waals surface area contributed by atoms with E-state index in [2.05, 4.69) is 72.6 Å². The first kappa shape index (κ1) is 20.1. The van der Waals surface area contributed by atoms with Crippen molar-refractivity contribution >= 4 is 0 Å². The van der Waals surface area contributed by atoms with Crippen molar-refractivity contribution in [3.8, 4) is 0 Å². The molecule has 0 N–H and O–H groups in total. The molecule has 1 aromatic carbocycles. The fraction of sp³-hybridized carbons (Fsp3) is 0.609. The molecule has 0 radical (unpaired) electrons. The summed E-state index contributed by atoms with van der Waals surface area (Å²) in [6, 6.07) is 10.9. The molecular weight excluding hydrogens is 332 g/mol. The van der Waals surface area contributed by atoms with E-state index >= 15 is 0 Å². The zero-order valence-corrected chi connectivity index (χ0v) is 17.6. The minimum atomic E-state index is 0.779. The highest BCUT2D eigenvalue weighted by Gasteiger charge is 2.22. The lowest BCUT2D eigenvalue weighted by Gasteiger charge is -2.34. The van der Waals surface area contributed by atoms with Gasteiger partial charge in [0.25, 0.3) is 0 Å². The van der Waals surface area contributed by atoms with E-state index in [1.165, 1.54) is 55.0 Å². The number of likely N-dealkylation sites (tertiary alicyclic amines) is 1. The molecule has 1 saturated heterocycles. The van der Waals surface area contributed by atoms with Crippen LogP contribution in [-0.2, 0) is 19.5 Å². The van der Waals surface area contributed by atoms with Gasteiger partial charge in [0.1, 0.15) is 0 Å².